The fourth-order valence-corrected chi connectivity index (χ4v) is 3.52. The number of carboxylic acids is 1. The second-order valence-electron chi connectivity index (χ2n) is 8.44. The maximum atomic E-state index is 13.2. The number of aromatic nitrogens is 2. The van der Waals surface area contributed by atoms with Crippen LogP contribution in [0, 0.1) is 5.41 Å². The van der Waals surface area contributed by atoms with Gasteiger partial charge in [0.1, 0.15) is 12.4 Å². The average molecular weight is 556 g/mol. The Kier molecular flexibility index (Phi) is 11.3. The molecule has 212 valence electrons. The lowest BCUT2D eigenvalue weighted by Gasteiger charge is -2.16. The zero-order chi connectivity index (χ0) is 29.8. The molecule has 1 heterocycles. The van der Waals surface area contributed by atoms with Crippen LogP contribution < -0.4 is 27.7 Å². The lowest BCUT2D eigenvalue weighted by molar-refractivity contribution is -0.123. The number of rotatable bonds is 9. The van der Waals surface area contributed by atoms with E-state index < -0.39 is 17.4 Å². The zero-order valence-corrected chi connectivity index (χ0v) is 21.6. The lowest BCUT2D eigenvalue weighted by Crippen LogP contribution is -2.34. The summed E-state index contributed by atoms with van der Waals surface area (Å²) in [6, 6.07) is 11.3. The van der Waals surface area contributed by atoms with Crippen LogP contribution in [0.1, 0.15) is 34.3 Å². The Balaban J connectivity index is 0.00000105. The number of nitrogens with two attached hydrogens (primary N) is 2. The predicted molar refractivity (Wildman–Crippen MR) is 147 cm³/mol. The summed E-state index contributed by atoms with van der Waals surface area (Å²) in [5.74, 6) is -1.50. The fourth-order valence-electron chi connectivity index (χ4n) is 3.52. The first-order valence-corrected chi connectivity index (χ1v) is 11.8. The van der Waals surface area contributed by atoms with Crippen LogP contribution in [0.2, 0.25) is 0 Å². The molecule has 9 N–H and O–H groups in total. The number of carbonyl (C=O) groups is 3. The molecule has 3 aromatic rings. The van der Waals surface area contributed by atoms with Gasteiger partial charge in [0.05, 0.1) is 24.6 Å². The number of carboxylic acid groups (broad SMARTS) is 2. The zero-order valence-electron chi connectivity index (χ0n) is 21.6. The quantitative estimate of drug-likeness (QED) is 0.0874. The number of nitrogens with zero attached hydrogens (tertiary/aromatic N) is 2. The molecule has 1 aliphatic carbocycles. The van der Waals surface area contributed by atoms with Crippen LogP contribution in [0.25, 0.3) is 11.3 Å². The average Bonchev–Trinajstić information content (AvgIpc) is 3.75. The van der Waals surface area contributed by atoms with Gasteiger partial charge < -0.3 is 32.3 Å². The van der Waals surface area contributed by atoms with Gasteiger partial charge in [0.25, 0.3) is 12.0 Å². The molecule has 4 rings (SSSR count). The molecule has 0 radical (unpaired) electrons. The minimum atomic E-state index is -1.17. The topological polar surface area (TPSA) is 227 Å². The van der Waals surface area contributed by atoms with Gasteiger partial charge in [-0.2, -0.15) is 0 Å². The number of amidine groups is 1. The van der Waals surface area contributed by atoms with Gasteiger partial charge in [0.2, 0.25) is 5.91 Å². The maximum Gasteiger partial charge on any atom is 0.335 e. The van der Waals surface area contributed by atoms with E-state index in [1.54, 1.807) is 24.3 Å². The number of anilines is 2. The smallest absolute Gasteiger partial charge is 0.335 e. The van der Waals surface area contributed by atoms with E-state index in [0.717, 1.165) is 18.4 Å². The van der Waals surface area contributed by atoms with Crippen LogP contribution in [-0.4, -0.2) is 57.2 Å². The highest BCUT2D eigenvalue weighted by molar-refractivity contribution is 5.95. The van der Waals surface area contributed by atoms with E-state index in [1.807, 2.05) is 0 Å². The minimum absolute atomic E-state index is 0.0439. The van der Waals surface area contributed by atoms with Gasteiger partial charge in [-0.15, -0.1) is 0 Å². The van der Waals surface area contributed by atoms with Crippen molar-refractivity contribution in [3.05, 3.63) is 75.7 Å². The summed E-state index contributed by atoms with van der Waals surface area (Å²) >= 11 is 0. The van der Waals surface area contributed by atoms with Crippen molar-refractivity contribution in [1.29, 1.82) is 5.41 Å². The van der Waals surface area contributed by atoms with Gasteiger partial charge in [-0.25, -0.2) is 9.78 Å². The van der Waals surface area contributed by atoms with Crippen molar-refractivity contribution in [1.82, 2.24) is 14.9 Å². The SMILES string of the molecule is CF.N=C(N)c1ccc(CNC(=O)Cn2c(-c3cc(N)cc(C(=O)O)c3)cnc(NC3CC3)c2=O)cc1.O=CO. The van der Waals surface area contributed by atoms with Crippen LogP contribution in [-0.2, 0) is 22.7 Å². The standard InChI is InChI=1S/C24H25N7O4.CH3F.CH2O2/c25-17-8-15(7-16(9-17)24(34)35)19-11-29-22(30-18-5-6-18)23(33)31(19)12-20(32)28-10-13-1-3-14(4-2-13)21(26)27;1-2;2-1-3/h1-4,7-9,11,18H,5-6,10,12,25H2,(H3,26,27)(H,28,32)(H,29,30)(H,34,35);1H3;1H,(H,2,3). The number of nitrogen functional groups attached to an aromatic ring is 2. The van der Waals surface area contributed by atoms with Crippen molar-refractivity contribution >= 4 is 35.7 Å². The Hall–Kier alpha value is -5.27. The van der Waals surface area contributed by atoms with Gasteiger partial charge >= 0.3 is 5.97 Å². The minimum Gasteiger partial charge on any atom is -0.483 e. The number of amides is 1. The Morgan fingerprint density at radius 1 is 1.18 bits per heavy atom. The molecule has 0 unspecified atom stereocenters. The second kappa shape index (κ2) is 14.6. The Bertz CT molecular complexity index is 1420. The largest absolute Gasteiger partial charge is 0.483 e. The van der Waals surface area contributed by atoms with Crippen molar-refractivity contribution in [2.75, 3.05) is 18.2 Å². The fraction of sp³-hybridized carbons (Fsp3) is 0.231. The van der Waals surface area contributed by atoms with Gasteiger partial charge in [0, 0.05) is 29.4 Å². The van der Waals surface area contributed by atoms with E-state index in [2.05, 4.69) is 15.6 Å². The van der Waals surface area contributed by atoms with Crippen molar-refractivity contribution in [3.8, 4) is 11.3 Å². The molecule has 0 bridgehead atoms. The van der Waals surface area contributed by atoms with Gasteiger partial charge in [-0.1, -0.05) is 24.3 Å². The third-order valence-corrected chi connectivity index (χ3v) is 5.53. The molecular weight excluding hydrogens is 525 g/mol. The highest BCUT2D eigenvalue weighted by Crippen LogP contribution is 2.25. The molecule has 2 aromatic carbocycles. The van der Waals surface area contributed by atoms with Crippen LogP contribution in [0.3, 0.4) is 0 Å². The molecule has 40 heavy (non-hydrogen) atoms. The summed E-state index contributed by atoms with van der Waals surface area (Å²) in [5, 5.41) is 29.6. The summed E-state index contributed by atoms with van der Waals surface area (Å²) < 4.78 is 10.8. The van der Waals surface area contributed by atoms with Crippen LogP contribution in [0.15, 0.2) is 53.5 Å². The third kappa shape index (κ3) is 8.65. The molecule has 1 aliphatic rings. The van der Waals surface area contributed by atoms with Gasteiger partial charge in [-0.3, -0.25) is 28.8 Å². The Morgan fingerprint density at radius 2 is 1.80 bits per heavy atom. The summed E-state index contributed by atoms with van der Waals surface area (Å²) in [7, 11) is 0.500. The van der Waals surface area contributed by atoms with Crippen molar-refractivity contribution in [2.24, 2.45) is 5.73 Å². The number of hydrogen-bond donors (Lipinski definition) is 7. The van der Waals surface area contributed by atoms with E-state index >= 15 is 0 Å². The molecule has 13 nitrogen and oxygen atoms in total. The Morgan fingerprint density at radius 3 is 2.35 bits per heavy atom. The summed E-state index contributed by atoms with van der Waals surface area (Å²) in [5.41, 5.74) is 13.0. The van der Waals surface area contributed by atoms with E-state index in [1.165, 1.54) is 29.0 Å². The van der Waals surface area contributed by atoms with Gasteiger partial charge in [-0.05, 0) is 36.6 Å². The molecule has 14 heteroatoms. The number of halogens is 1. The van der Waals surface area contributed by atoms with E-state index in [0.29, 0.717) is 18.3 Å². The number of aromatic carboxylic acids is 1. The molecule has 0 atom stereocenters. The second-order valence-corrected chi connectivity index (χ2v) is 8.44. The predicted octanol–water partition coefficient (Wildman–Crippen LogP) is 1.65. The van der Waals surface area contributed by atoms with Crippen LogP contribution >= 0.6 is 0 Å². The summed E-state index contributed by atoms with van der Waals surface area (Å²) in [4.78, 5) is 50.1. The summed E-state index contributed by atoms with van der Waals surface area (Å²) in [6.45, 7) is -0.348. The number of nitrogens with one attached hydrogen (secondary N) is 3. The molecule has 1 aromatic heterocycles. The lowest BCUT2D eigenvalue weighted by atomic mass is 10.1. The number of alkyl halides is 1. The van der Waals surface area contributed by atoms with Crippen LogP contribution in [0.4, 0.5) is 15.9 Å². The normalized spacial score (nSPS) is 11.6. The molecule has 1 fully saturated rings. The Labute approximate surface area is 228 Å². The number of benzene rings is 2. The highest BCUT2D eigenvalue weighted by atomic mass is 19.1. The van der Waals surface area contributed by atoms with Crippen molar-refractivity contribution in [2.45, 2.75) is 32.0 Å². The molecule has 0 aliphatic heterocycles. The third-order valence-electron chi connectivity index (χ3n) is 5.53. The van der Waals surface area contributed by atoms with Crippen molar-refractivity contribution in [3.63, 3.8) is 0 Å². The van der Waals surface area contributed by atoms with Crippen molar-refractivity contribution < 1.29 is 29.0 Å². The van der Waals surface area contributed by atoms with E-state index in [-0.39, 0.29) is 54.2 Å². The number of carbonyl (C=O) groups excluding carboxylic acids is 1. The molecular formula is C26H30FN7O6. The first-order valence-electron chi connectivity index (χ1n) is 11.8. The van der Waals surface area contributed by atoms with Crippen LogP contribution in [0.5, 0.6) is 0 Å². The molecule has 1 amide bonds. The highest BCUT2D eigenvalue weighted by Gasteiger charge is 2.24. The molecule has 0 spiro atoms. The molecule has 0 saturated heterocycles. The molecule has 1 saturated carbocycles. The number of hydrogen-bond acceptors (Lipinski definition) is 8. The van der Waals surface area contributed by atoms with E-state index in [9.17, 15) is 23.9 Å². The van der Waals surface area contributed by atoms with E-state index in [4.69, 9.17) is 26.8 Å². The maximum absolute atomic E-state index is 13.2. The first kappa shape index (κ1) is 31.0. The van der Waals surface area contributed by atoms with Gasteiger partial charge in [0.15, 0.2) is 5.82 Å². The summed E-state index contributed by atoms with van der Waals surface area (Å²) in [6.07, 6.45) is 3.30. The monoisotopic (exact) mass is 555 g/mol. The first-order chi connectivity index (χ1) is 19.1.